The van der Waals surface area contributed by atoms with Gasteiger partial charge < -0.3 is 28.7 Å². The zero-order valence-electron chi connectivity index (χ0n) is 20.1. The van der Waals surface area contributed by atoms with Gasteiger partial charge in [0, 0.05) is 26.2 Å². The highest BCUT2D eigenvalue weighted by molar-refractivity contribution is 6.27. The number of fused-ring (bicyclic) bond motifs is 2. The van der Waals surface area contributed by atoms with Crippen LogP contribution in [0.15, 0.2) is 0 Å². The maximum absolute atomic E-state index is 12.4. The number of ether oxygens (including phenoxy) is 4. The van der Waals surface area contributed by atoms with Crippen LogP contribution in [0.2, 0.25) is 0 Å². The number of carbonyl (C=O) groups excluding carboxylic acids is 2. The molecule has 3 fully saturated rings. The van der Waals surface area contributed by atoms with E-state index < -0.39 is 0 Å². The van der Waals surface area contributed by atoms with E-state index in [9.17, 15) is 9.59 Å². The summed E-state index contributed by atoms with van der Waals surface area (Å²) in [6, 6.07) is 0. The van der Waals surface area contributed by atoms with Gasteiger partial charge in [-0.2, -0.15) is 0 Å². The first-order chi connectivity index (χ1) is 16.6. The molecule has 1 heterocycles. The molecule has 0 spiro atoms. The molecule has 34 heavy (non-hydrogen) atoms. The van der Waals surface area contributed by atoms with E-state index in [1.165, 1.54) is 0 Å². The molecule has 0 aromatic rings. The Morgan fingerprint density at radius 1 is 0.559 bits per heavy atom. The second-order valence-electron chi connectivity index (χ2n) is 9.23. The van der Waals surface area contributed by atoms with Gasteiger partial charge >= 0.3 is 0 Å². The van der Waals surface area contributed by atoms with E-state index >= 15 is 0 Å². The van der Waals surface area contributed by atoms with Crippen LogP contribution in [0.1, 0.15) is 51.4 Å². The number of carbonyl (C=O) groups is 2. The Bertz CT molecular complexity index is 540. The van der Waals surface area contributed by atoms with Gasteiger partial charge in [0.2, 0.25) is 11.8 Å². The molecule has 1 aliphatic heterocycles. The molecule has 4 unspecified atom stereocenters. The number of hydrogen-bond donors (Lipinski definition) is 0. The Morgan fingerprint density at radius 2 is 0.824 bits per heavy atom. The molecule has 0 bridgehead atoms. The summed E-state index contributed by atoms with van der Waals surface area (Å²) in [6.45, 7) is 3.61. The van der Waals surface area contributed by atoms with Gasteiger partial charge in [0.25, 0.3) is 0 Å². The van der Waals surface area contributed by atoms with Crippen molar-refractivity contribution in [2.75, 3.05) is 64.4 Å². The predicted octanol–water partition coefficient (Wildman–Crippen LogP) is 2.82. The van der Waals surface area contributed by atoms with Gasteiger partial charge in [-0.05, 0) is 25.7 Å². The van der Waals surface area contributed by atoms with Gasteiger partial charge in [0.15, 0.2) is 0 Å². The van der Waals surface area contributed by atoms with Crippen molar-refractivity contribution in [3.05, 3.63) is 0 Å². The van der Waals surface area contributed by atoms with E-state index in [0.29, 0.717) is 52.6 Å². The molecule has 8 nitrogen and oxygen atoms in total. The summed E-state index contributed by atoms with van der Waals surface area (Å²) in [6.07, 6.45) is 8.05. The van der Waals surface area contributed by atoms with E-state index in [-0.39, 0.29) is 48.0 Å². The monoisotopic (exact) mass is 522 g/mol. The van der Waals surface area contributed by atoms with E-state index in [4.69, 9.17) is 42.1 Å². The second-order valence-corrected chi connectivity index (χ2v) is 9.77. The molecule has 2 amide bonds. The molecule has 0 radical (unpaired) electrons. The number of amides is 2. The van der Waals surface area contributed by atoms with Crippen LogP contribution >= 0.6 is 23.2 Å². The standard InChI is InChI=1S/C24H40Cl2N2O6/c25-17-23(29)27-9-13-31-19-5-1-2-6-20(19)32-14-10-28(24(30)18-26)12-16-34-22-8-4-3-7-21(22)33-15-11-27/h19-22H,1-18H2. The summed E-state index contributed by atoms with van der Waals surface area (Å²) in [7, 11) is 0. The van der Waals surface area contributed by atoms with Crippen LogP contribution in [0.5, 0.6) is 0 Å². The fourth-order valence-corrected chi connectivity index (χ4v) is 5.37. The predicted molar refractivity (Wildman–Crippen MR) is 130 cm³/mol. The van der Waals surface area contributed by atoms with Crippen LogP contribution in [0.25, 0.3) is 0 Å². The van der Waals surface area contributed by atoms with Gasteiger partial charge in [0.05, 0.1) is 50.8 Å². The van der Waals surface area contributed by atoms with Gasteiger partial charge in [-0.25, -0.2) is 0 Å². The first kappa shape index (κ1) is 27.9. The summed E-state index contributed by atoms with van der Waals surface area (Å²) in [5, 5.41) is 0. The van der Waals surface area contributed by atoms with Crippen molar-refractivity contribution < 1.29 is 28.5 Å². The zero-order valence-corrected chi connectivity index (χ0v) is 21.6. The van der Waals surface area contributed by atoms with Crippen LogP contribution in [0, 0.1) is 0 Å². The summed E-state index contributed by atoms with van der Waals surface area (Å²) >= 11 is 11.7. The Balaban J connectivity index is 1.66. The third kappa shape index (κ3) is 8.79. The highest BCUT2D eigenvalue weighted by atomic mass is 35.5. The topological polar surface area (TPSA) is 77.5 Å². The third-order valence-electron chi connectivity index (χ3n) is 6.99. The molecule has 0 aromatic heterocycles. The second kappa shape index (κ2) is 15.5. The van der Waals surface area contributed by atoms with Gasteiger partial charge in [-0.1, -0.05) is 25.7 Å². The van der Waals surface area contributed by atoms with Crippen LogP contribution in [-0.4, -0.2) is 110 Å². The Morgan fingerprint density at radius 3 is 1.06 bits per heavy atom. The lowest BCUT2D eigenvalue weighted by Gasteiger charge is -2.34. The highest BCUT2D eigenvalue weighted by Crippen LogP contribution is 2.25. The molecule has 0 aromatic carbocycles. The Kier molecular flexibility index (Phi) is 12.7. The van der Waals surface area contributed by atoms with Crippen molar-refractivity contribution in [1.29, 1.82) is 0 Å². The number of halogens is 2. The SMILES string of the molecule is O=C(CCl)N1CCOC2CCCCC2OCCN(C(=O)CCl)CCOC2CCCCC2OCC1. The minimum Gasteiger partial charge on any atom is -0.374 e. The van der Waals surface area contributed by atoms with E-state index in [1.54, 1.807) is 9.80 Å². The fraction of sp³-hybridized carbons (Fsp3) is 0.917. The average molecular weight is 523 g/mol. The normalized spacial score (nSPS) is 31.0. The minimum atomic E-state index is -0.111. The number of rotatable bonds is 2. The molecule has 1 saturated heterocycles. The Labute approximate surface area is 213 Å². The van der Waals surface area contributed by atoms with Crippen molar-refractivity contribution in [3.8, 4) is 0 Å². The first-order valence-electron chi connectivity index (χ1n) is 12.8. The molecule has 0 N–H and O–H groups in total. The van der Waals surface area contributed by atoms with Crippen molar-refractivity contribution in [3.63, 3.8) is 0 Å². The molecule has 2 saturated carbocycles. The van der Waals surface area contributed by atoms with Crippen molar-refractivity contribution >= 4 is 35.0 Å². The van der Waals surface area contributed by atoms with Crippen molar-refractivity contribution in [2.24, 2.45) is 0 Å². The molecular weight excluding hydrogens is 483 g/mol. The quantitative estimate of drug-likeness (QED) is 0.519. The lowest BCUT2D eigenvalue weighted by atomic mass is 9.94. The summed E-state index contributed by atoms with van der Waals surface area (Å²) < 4.78 is 24.7. The smallest absolute Gasteiger partial charge is 0.237 e. The lowest BCUT2D eigenvalue weighted by Crippen LogP contribution is -2.44. The number of alkyl halides is 2. The summed E-state index contributed by atoms with van der Waals surface area (Å²) in [5.74, 6) is -0.329. The van der Waals surface area contributed by atoms with Gasteiger partial charge in [0.1, 0.15) is 11.8 Å². The maximum atomic E-state index is 12.4. The van der Waals surface area contributed by atoms with Gasteiger partial charge in [-0.15, -0.1) is 23.2 Å². The maximum Gasteiger partial charge on any atom is 0.237 e. The number of hydrogen-bond acceptors (Lipinski definition) is 6. The summed E-state index contributed by atoms with van der Waals surface area (Å²) in [5.41, 5.74) is 0. The van der Waals surface area contributed by atoms with Gasteiger partial charge in [-0.3, -0.25) is 9.59 Å². The van der Waals surface area contributed by atoms with E-state index in [1.807, 2.05) is 0 Å². The average Bonchev–Trinajstić information content (AvgIpc) is 2.87. The first-order valence-corrected chi connectivity index (χ1v) is 13.8. The van der Waals surface area contributed by atoms with E-state index in [0.717, 1.165) is 51.4 Å². The Hall–Kier alpha value is -0.640. The molecule has 4 atom stereocenters. The molecule has 196 valence electrons. The van der Waals surface area contributed by atoms with Crippen LogP contribution in [-0.2, 0) is 28.5 Å². The third-order valence-corrected chi connectivity index (χ3v) is 7.45. The van der Waals surface area contributed by atoms with Crippen molar-refractivity contribution in [2.45, 2.75) is 75.8 Å². The molecule has 2 aliphatic carbocycles. The van der Waals surface area contributed by atoms with Crippen LogP contribution in [0.3, 0.4) is 0 Å². The van der Waals surface area contributed by atoms with Crippen LogP contribution < -0.4 is 0 Å². The fourth-order valence-electron chi connectivity index (χ4n) is 5.04. The minimum absolute atomic E-state index is 0.0136. The van der Waals surface area contributed by atoms with E-state index in [2.05, 4.69) is 0 Å². The summed E-state index contributed by atoms with van der Waals surface area (Å²) in [4.78, 5) is 28.2. The highest BCUT2D eigenvalue weighted by Gasteiger charge is 2.29. The largest absolute Gasteiger partial charge is 0.374 e. The zero-order chi connectivity index (χ0) is 24.2. The molecule has 3 rings (SSSR count). The molecular formula is C24H40Cl2N2O6. The van der Waals surface area contributed by atoms with Crippen molar-refractivity contribution in [1.82, 2.24) is 9.80 Å². The lowest BCUT2D eigenvalue weighted by molar-refractivity contribution is -0.139. The molecule has 3 aliphatic rings. The molecule has 10 heteroatoms. The number of nitrogens with zero attached hydrogens (tertiary/aromatic N) is 2. The van der Waals surface area contributed by atoms with Crippen LogP contribution in [0.4, 0.5) is 0 Å².